The maximum Gasteiger partial charge on any atom is 0.405 e. The summed E-state index contributed by atoms with van der Waals surface area (Å²) in [4.78, 5) is 15.4. The number of nitrogen functional groups attached to an aromatic ring is 1. The van der Waals surface area contributed by atoms with E-state index in [0.717, 1.165) is 0 Å². The van der Waals surface area contributed by atoms with Crippen LogP contribution < -0.4 is 11.1 Å². The highest BCUT2D eigenvalue weighted by atomic mass is 35.5. The lowest BCUT2D eigenvalue weighted by Gasteiger charge is -2.21. The Morgan fingerprint density at radius 1 is 1.39 bits per heavy atom. The van der Waals surface area contributed by atoms with E-state index in [1.807, 2.05) is 0 Å². The first-order chi connectivity index (χ1) is 11.0. The van der Waals surface area contributed by atoms with Crippen molar-refractivity contribution in [2.24, 2.45) is 0 Å². The van der Waals surface area contributed by atoms with Crippen molar-refractivity contribution in [2.75, 3.05) is 5.73 Å². The number of hydrogen-bond donors (Lipinski definition) is 3. The molecular weight excluding hydrogens is 323 g/mol. The molecule has 8 heteroatoms. The Bertz CT molecular complexity index is 896. The van der Waals surface area contributed by atoms with Crippen molar-refractivity contribution in [3.8, 4) is 0 Å². The molecule has 0 spiro atoms. The van der Waals surface area contributed by atoms with Gasteiger partial charge in [-0.3, -0.25) is 0 Å². The highest BCUT2D eigenvalue weighted by Crippen LogP contribution is 2.34. The van der Waals surface area contributed by atoms with Crippen LogP contribution in [-0.4, -0.2) is 20.6 Å². The third kappa shape index (κ3) is 2.78. The fraction of sp³-hybridized carbons (Fsp3) is 0.0667. The summed E-state index contributed by atoms with van der Waals surface area (Å²) in [6, 6.07) is 4.40. The van der Waals surface area contributed by atoms with Crippen molar-refractivity contribution in [1.29, 1.82) is 0 Å². The van der Waals surface area contributed by atoms with Crippen molar-refractivity contribution in [2.45, 2.75) is 6.04 Å². The summed E-state index contributed by atoms with van der Waals surface area (Å²) in [5.74, 6) is -0.532. The molecule has 3 rings (SSSR count). The smallest absolute Gasteiger partial charge is 0.405 e. The molecule has 0 radical (unpaired) electrons. The van der Waals surface area contributed by atoms with Crippen LogP contribution in [0.25, 0.3) is 5.65 Å². The molecule has 1 amide bonds. The first-order valence-corrected chi connectivity index (χ1v) is 7.00. The third-order valence-electron chi connectivity index (χ3n) is 3.46. The van der Waals surface area contributed by atoms with Crippen molar-refractivity contribution < 1.29 is 14.3 Å². The molecule has 23 heavy (non-hydrogen) atoms. The lowest BCUT2D eigenvalue weighted by Crippen LogP contribution is -2.29. The fourth-order valence-corrected chi connectivity index (χ4v) is 2.71. The van der Waals surface area contributed by atoms with Gasteiger partial charge in [-0.15, -0.1) is 0 Å². The average molecular weight is 335 g/mol. The Labute approximate surface area is 135 Å². The summed E-state index contributed by atoms with van der Waals surface area (Å²) >= 11 is 6.13. The number of pyridine rings is 1. The Morgan fingerprint density at radius 3 is 2.91 bits per heavy atom. The molecule has 0 saturated heterocycles. The number of aromatic nitrogens is 2. The minimum Gasteiger partial charge on any atom is -0.465 e. The van der Waals surface area contributed by atoms with Crippen LogP contribution in [0.2, 0.25) is 5.02 Å². The number of nitrogens with zero attached hydrogens (tertiary/aromatic N) is 2. The van der Waals surface area contributed by atoms with Crippen molar-refractivity contribution in [3.05, 3.63) is 64.8 Å². The maximum absolute atomic E-state index is 13.6. The molecule has 6 nitrogen and oxygen atoms in total. The lowest BCUT2D eigenvalue weighted by molar-refractivity contribution is 0.192. The van der Waals surface area contributed by atoms with E-state index in [9.17, 15) is 9.18 Å². The zero-order chi connectivity index (χ0) is 16.6. The van der Waals surface area contributed by atoms with Crippen molar-refractivity contribution in [1.82, 2.24) is 14.7 Å². The van der Waals surface area contributed by atoms with Crippen LogP contribution in [0.3, 0.4) is 0 Å². The van der Waals surface area contributed by atoms with Crippen LogP contribution in [0.1, 0.15) is 17.2 Å². The van der Waals surface area contributed by atoms with E-state index in [4.69, 9.17) is 22.4 Å². The molecule has 2 aromatic heterocycles. The predicted octanol–water partition coefficient (Wildman–Crippen LogP) is 3.07. The van der Waals surface area contributed by atoms with Crippen LogP contribution in [-0.2, 0) is 0 Å². The van der Waals surface area contributed by atoms with Gasteiger partial charge >= 0.3 is 6.09 Å². The largest absolute Gasteiger partial charge is 0.465 e. The van der Waals surface area contributed by atoms with Gasteiger partial charge in [-0.2, -0.15) is 0 Å². The second kappa shape index (κ2) is 5.77. The quantitative estimate of drug-likeness (QED) is 0.686. The number of anilines is 1. The molecule has 1 atom stereocenters. The first kappa shape index (κ1) is 15.1. The van der Waals surface area contributed by atoms with E-state index in [1.165, 1.54) is 18.2 Å². The van der Waals surface area contributed by atoms with Gasteiger partial charge in [0.25, 0.3) is 0 Å². The molecule has 0 aliphatic heterocycles. The van der Waals surface area contributed by atoms with Gasteiger partial charge in [0.1, 0.15) is 11.5 Å². The summed E-state index contributed by atoms with van der Waals surface area (Å²) in [5.41, 5.74) is 7.48. The number of nitrogens with one attached hydrogen (secondary N) is 1. The van der Waals surface area contributed by atoms with Gasteiger partial charge in [0, 0.05) is 40.4 Å². The van der Waals surface area contributed by atoms with Crippen LogP contribution in [0.15, 0.2) is 42.9 Å². The Hall–Kier alpha value is -2.80. The van der Waals surface area contributed by atoms with Gasteiger partial charge in [-0.05, 0) is 24.3 Å². The summed E-state index contributed by atoms with van der Waals surface area (Å²) in [5, 5.41) is 11.7. The van der Waals surface area contributed by atoms with E-state index in [1.54, 1.807) is 29.1 Å². The van der Waals surface area contributed by atoms with E-state index in [-0.39, 0.29) is 10.6 Å². The maximum atomic E-state index is 13.6. The summed E-state index contributed by atoms with van der Waals surface area (Å²) in [6.07, 6.45) is 3.67. The van der Waals surface area contributed by atoms with Crippen LogP contribution in [0.4, 0.5) is 14.9 Å². The van der Waals surface area contributed by atoms with Crippen molar-refractivity contribution >= 4 is 29.0 Å². The van der Waals surface area contributed by atoms with Gasteiger partial charge in [0.15, 0.2) is 0 Å². The number of imidazole rings is 1. The third-order valence-corrected chi connectivity index (χ3v) is 3.81. The number of fused-ring (bicyclic) bond motifs is 1. The minimum atomic E-state index is -1.29. The Balaban J connectivity index is 2.27. The number of halogens is 2. The Morgan fingerprint density at radius 2 is 2.17 bits per heavy atom. The van der Waals surface area contributed by atoms with Gasteiger partial charge in [0.05, 0.1) is 6.04 Å². The van der Waals surface area contributed by atoms with Gasteiger partial charge < -0.3 is 20.6 Å². The fourth-order valence-electron chi connectivity index (χ4n) is 2.48. The topological polar surface area (TPSA) is 92.7 Å². The number of amides is 1. The monoisotopic (exact) mass is 334 g/mol. The Kier molecular flexibility index (Phi) is 3.79. The molecule has 118 valence electrons. The first-order valence-electron chi connectivity index (χ1n) is 6.63. The number of benzene rings is 1. The molecule has 1 unspecified atom stereocenters. The second-order valence-corrected chi connectivity index (χ2v) is 5.30. The number of hydrogen-bond acceptors (Lipinski definition) is 3. The van der Waals surface area contributed by atoms with Crippen LogP contribution in [0, 0.1) is 5.82 Å². The van der Waals surface area contributed by atoms with Gasteiger partial charge in [-0.1, -0.05) is 11.6 Å². The zero-order valence-electron chi connectivity index (χ0n) is 11.7. The van der Waals surface area contributed by atoms with Crippen LogP contribution in [0.5, 0.6) is 0 Å². The molecule has 4 N–H and O–H groups in total. The van der Waals surface area contributed by atoms with Gasteiger partial charge in [-0.25, -0.2) is 14.2 Å². The van der Waals surface area contributed by atoms with E-state index >= 15 is 0 Å². The van der Waals surface area contributed by atoms with E-state index < -0.39 is 18.0 Å². The lowest BCUT2D eigenvalue weighted by atomic mass is 9.98. The minimum absolute atomic E-state index is 0.220. The normalized spacial score (nSPS) is 12.3. The molecule has 0 saturated carbocycles. The molecule has 1 aromatic carbocycles. The molecule has 0 aliphatic carbocycles. The SMILES string of the molecule is Nc1ccn2ccnc2c1C(NC(=O)O)c1cc(F)ccc1Cl. The summed E-state index contributed by atoms with van der Waals surface area (Å²) in [7, 11) is 0. The van der Waals surface area contributed by atoms with Crippen molar-refractivity contribution in [3.63, 3.8) is 0 Å². The highest BCUT2D eigenvalue weighted by Gasteiger charge is 2.25. The molecule has 2 heterocycles. The molecular formula is C15H12ClFN4O2. The van der Waals surface area contributed by atoms with Crippen LogP contribution >= 0.6 is 11.6 Å². The summed E-state index contributed by atoms with van der Waals surface area (Å²) in [6.45, 7) is 0. The standard InChI is InChI=1S/C15H12ClFN4O2/c16-10-2-1-8(17)7-9(10)13(20-15(22)23)12-11(18)3-5-21-6-4-19-14(12)21/h1-7,13,20H,18H2,(H,22,23). The molecule has 0 fully saturated rings. The van der Waals surface area contributed by atoms with Gasteiger partial charge in [0.2, 0.25) is 0 Å². The number of nitrogens with two attached hydrogens (primary N) is 1. The number of rotatable bonds is 3. The number of carboxylic acid groups (broad SMARTS) is 1. The molecule has 3 aromatic rings. The van der Waals surface area contributed by atoms with E-state index in [2.05, 4.69) is 10.3 Å². The molecule has 0 aliphatic rings. The average Bonchev–Trinajstić information content (AvgIpc) is 2.96. The number of carbonyl (C=O) groups is 1. The van der Waals surface area contributed by atoms with E-state index in [0.29, 0.717) is 16.9 Å². The zero-order valence-corrected chi connectivity index (χ0v) is 12.5. The second-order valence-electron chi connectivity index (χ2n) is 4.89. The molecule has 0 bridgehead atoms. The summed E-state index contributed by atoms with van der Waals surface area (Å²) < 4.78 is 15.3. The highest BCUT2D eigenvalue weighted by molar-refractivity contribution is 6.31. The predicted molar refractivity (Wildman–Crippen MR) is 84.0 cm³/mol.